The summed E-state index contributed by atoms with van der Waals surface area (Å²) in [7, 11) is 1.50. The topological polar surface area (TPSA) is 160 Å². The summed E-state index contributed by atoms with van der Waals surface area (Å²) in [6, 6.07) is 11.6. The molecule has 0 radical (unpaired) electrons. The van der Waals surface area contributed by atoms with Gasteiger partial charge in [-0.05, 0) is 69.2 Å². The average molecular weight is 525 g/mol. The summed E-state index contributed by atoms with van der Waals surface area (Å²) in [5.74, 6) is -1.86. The molecule has 2 aromatic carbocycles. The quantitative estimate of drug-likeness (QED) is 0.274. The second-order valence-corrected chi connectivity index (χ2v) is 9.26. The Balaban J connectivity index is 2.45. The van der Waals surface area contributed by atoms with Crippen LogP contribution in [0, 0.1) is 12.5 Å². The standard InChI is InChI=1S/C27H32N4O7/c1-6-31(25(35)21(14-15-22(28)33)30-26(36)38-27(2,3)4)23(17-8-7-9-19(32)16-17)24(34)29-18-10-12-20(37-5)13-11-18/h1,7-13,16,21,23,32H,14-15H2,2-5H3,(H2,28,33)(H,29,34)(H,30,36). The van der Waals surface area contributed by atoms with E-state index < -0.39 is 41.5 Å². The van der Waals surface area contributed by atoms with Gasteiger partial charge in [-0.15, -0.1) is 0 Å². The largest absolute Gasteiger partial charge is 0.508 e. The number of anilines is 1. The van der Waals surface area contributed by atoms with Crippen LogP contribution in [0.25, 0.3) is 0 Å². The summed E-state index contributed by atoms with van der Waals surface area (Å²) in [5, 5.41) is 15.1. The number of ether oxygens (including phenoxy) is 2. The van der Waals surface area contributed by atoms with Crippen LogP contribution in [0.2, 0.25) is 0 Å². The molecular formula is C27H32N4O7. The summed E-state index contributed by atoms with van der Waals surface area (Å²) >= 11 is 0. The first-order valence-corrected chi connectivity index (χ1v) is 11.7. The molecule has 0 spiro atoms. The molecule has 11 nitrogen and oxygen atoms in total. The Morgan fingerprint density at radius 1 is 1.13 bits per heavy atom. The van der Waals surface area contributed by atoms with E-state index in [0.29, 0.717) is 11.4 Å². The van der Waals surface area contributed by atoms with Gasteiger partial charge in [0.25, 0.3) is 11.8 Å². The molecule has 2 unspecified atom stereocenters. The third-order valence-electron chi connectivity index (χ3n) is 5.10. The van der Waals surface area contributed by atoms with Crippen molar-refractivity contribution in [3.8, 4) is 24.0 Å². The molecule has 0 saturated heterocycles. The summed E-state index contributed by atoms with van der Waals surface area (Å²) in [6.45, 7) is 4.92. The number of hydrogen-bond donors (Lipinski definition) is 4. The van der Waals surface area contributed by atoms with Crippen molar-refractivity contribution in [1.82, 2.24) is 10.2 Å². The van der Waals surface area contributed by atoms with E-state index in [9.17, 15) is 24.3 Å². The number of aromatic hydroxyl groups is 1. The number of primary amides is 1. The first-order valence-electron chi connectivity index (χ1n) is 11.7. The van der Waals surface area contributed by atoms with Crippen LogP contribution in [0.3, 0.4) is 0 Å². The molecular weight excluding hydrogens is 492 g/mol. The van der Waals surface area contributed by atoms with Crippen LogP contribution in [0.5, 0.6) is 11.5 Å². The molecule has 2 aromatic rings. The maximum Gasteiger partial charge on any atom is 0.408 e. The number of hydrogen-bond acceptors (Lipinski definition) is 7. The number of phenolic OH excluding ortho intramolecular Hbond substituents is 1. The normalized spacial score (nSPS) is 12.3. The predicted octanol–water partition coefficient (Wildman–Crippen LogP) is 2.66. The maximum atomic E-state index is 13.6. The van der Waals surface area contributed by atoms with Crippen molar-refractivity contribution in [2.45, 2.75) is 51.3 Å². The van der Waals surface area contributed by atoms with Gasteiger partial charge in [0.2, 0.25) is 5.91 Å². The van der Waals surface area contributed by atoms with Crippen molar-refractivity contribution in [3.05, 3.63) is 54.1 Å². The zero-order valence-corrected chi connectivity index (χ0v) is 21.7. The third kappa shape index (κ3) is 8.74. The number of terminal acetylenes is 1. The van der Waals surface area contributed by atoms with Gasteiger partial charge in [0.1, 0.15) is 29.2 Å². The molecule has 11 heteroatoms. The van der Waals surface area contributed by atoms with Crippen LogP contribution in [0.15, 0.2) is 48.5 Å². The van der Waals surface area contributed by atoms with E-state index in [0.717, 1.165) is 4.90 Å². The van der Waals surface area contributed by atoms with Crippen LogP contribution in [0.4, 0.5) is 10.5 Å². The van der Waals surface area contributed by atoms with E-state index >= 15 is 0 Å². The lowest BCUT2D eigenvalue weighted by molar-refractivity contribution is -0.137. The molecule has 0 aliphatic carbocycles. The second-order valence-electron chi connectivity index (χ2n) is 9.26. The molecule has 4 amide bonds. The lowest BCUT2D eigenvalue weighted by Crippen LogP contribution is -2.51. The fourth-order valence-corrected chi connectivity index (χ4v) is 3.42. The first-order chi connectivity index (χ1) is 17.8. The number of nitrogens with two attached hydrogens (primary N) is 1. The summed E-state index contributed by atoms with van der Waals surface area (Å²) in [5.41, 5.74) is 4.98. The Morgan fingerprint density at radius 3 is 2.32 bits per heavy atom. The van der Waals surface area contributed by atoms with E-state index in [-0.39, 0.29) is 24.2 Å². The van der Waals surface area contributed by atoms with Crippen molar-refractivity contribution in [2.24, 2.45) is 5.73 Å². The van der Waals surface area contributed by atoms with Gasteiger partial charge >= 0.3 is 6.09 Å². The van der Waals surface area contributed by atoms with Gasteiger partial charge in [-0.3, -0.25) is 19.3 Å². The van der Waals surface area contributed by atoms with Crippen LogP contribution >= 0.6 is 0 Å². The predicted molar refractivity (Wildman–Crippen MR) is 140 cm³/mol. The first kappa shape index (κ1) is 29.5. The number of benzene rings is 2. The highest BCUT2D eigenvalue weighted by Gasteiger charge is 2.36. The Morgan fingerprint density at radius 2 is 1.79 bits per heavy atom. The Hall–Kier alpha value is -4.72. The molecule has 0 bridgehead atoms. The number of rotatable bonds is 10. The minimum Gasteiger partial charge on any atom is -0.508 e. The van der Waals surface area contributed by atoms with Crippen LogP contribution in [0.1, 0.15) is 45.2 Å². The Kier molecular flexibility index (Phi) is 10.1. The van der Waals surface area contributed by atoms with Gasteiger partial charge in [0.05, 0.1) is 7.11 Å². The molecule has 0 aromatic heterocycles. The number of carbonyl (C=O) groups is 4. The maximum absolute atomic E-state index is 13.6. The van der Waals surface area contributed by atoms with Gasteiger partial charge in [-0.1, -0.05) is 18.6 Å². The smallest absolute Gasteiger partial charge is 0.408 e. The van der Waals surface area contributed by atoms with Crippen LogP contribution in [-0.4, -0.2) is 52.6 Å². The van der Waals surface area contributed by atoms with Crippen molar-refractivity contribution in [1.29, 1.82) is 0 Å². The van der Waals surface area contributed by atoms with Crippen molar-refractivity contribution in [2.75, 3.05) is 12.4 Å². The Bertz CT molecular complexity index is 1200. The van der Waals surface area contributed by atoms with Gasteiger partial charge in [0.15, 0.2) is 0 Å². The second kappa shape index (κ2) is 13.0. The summed E-state index contributed by atoms with van der Waals surface area (Å²) in [6.07, 6.45) is 4.34. The van der Waals surface area contributed by atoms with Gasteiger partial charge in [0, 0.05) is 18.2 Å². The zero-order chi connectivity index (χ0) is 28.5. The number of amides is 4. The minimum atomic E-state index is -1.42. The van der Waals surface area contributed by atoms with Gasteiger partial charge < -0.3 is 30.9 Å². The van der Waals surface area contributed by atoms with Crippen LogP contribution in [-0.2, 0) is 19.1 Å². The molecule has 38 heavy (non-hydrogen) atoms. The van der Waals surface area contributed by atoms with E-state index in [1.807, 2.05) is 0 Å². The monoisotopic (exact) mass is 524 g/mol. The molecule has 0 heterocycles. The van der Waals surface area contributed by atoms with E-state index in [1.54, 1.807) is 45.0 Å². The molecule has 0 saturated carbocycles. The number of nitrogens with one attached hydrogen (secondary N) is 2. The van der Waals surface area contributed by atoms with Crippen LogP contribution < -0.4 is 21.1 Å². The lowest BCUT2D eigenvalue weighted by Gasteiger charge is -2.30. The molecule has 2 rings (SSSR count). The Labute approximate surface area is 221 Å². The number of phenols is 1. The highest BCUT2D eigenvalue weighted by Crippen LogP contribution is 2.27. The fourth-order valence-electron chi connectivity index (χ4n) is 3.42. The van der Waals surface area contributed by atoms with E-state index in [4.69, 9.17) is 21.6 Å². The van der Waals surface area contributed by atoms with E-state index in [2.05, 4.69) is 16.7 Å². The average Bonchev–Trinajstić information content (AvgIpc) is 2.83. The number of nitrogens with zero attached hydrogens (tertiary/aromatic N) is 1. The molecule has 5 N–H and O–H groups in total. The van der Waals surface area contributed by atoms with Crippen molar-refractivity contribution < 1.29 is 33.8 Å². The highest BCUT2D eigenvalue weighted by atomic mass is 16.6. The highest BCUT2D eigenvalue weighted by molar-refractivity contribution is 5.99. The summed E-state index contributed by atoms with van der Waals surface area (Å²) < 4.78 is 10.4. The molecule has 2 atom stereocenters. The number of alkyl carbamates (subject to hydrolysis) is 1. The number of methoxy groups -OCH3 is 1. The number of carbonyl (C=O) groups excluding carboxylic acids is 4. The SMILES string of the molecule is C#CN(C(=O)C(CCC(N)=O)NC(=O)OC(C)(C)C)C(C(=O)Nc1ccc(OC)cc1)c1cccc(O)c1. The summed E-state index contributed by atoms with van der Waals surface area (Å²) in [4.78, 5) is 51.8. The third-order valence-corrected chi connectivity index (χ3v) is 5.10. The minimum absolute atomic E-state index is 0.161. The van der Waals surface area contributed by atoms with Crippen molar-refractivity contribution >= 4 is 29.5 Å². The molecule has 202 valence electrons. The molecule has 0 aliphatic heterocycles. The molecule has 0 aliphatic rings. The van der Waals surface area contributed by atoms with E-state index in [1.165, 1.54) is 31.4 Å². The van der Waals surface area contributed by atoms with Gasteiger partial charge in [-0.25, -0.2) is 4.79 Å². The molecule has 0 fully saturated rings. The zero-order valence-electron chi connectivity index (χ0n) is 21.7. The van der Waals surface area contributed by atoms with Crippen molar-refractivity contribution in [3.63, 3.8) is 0 Å². The van der Waals surface area contributed by atoms with Gasteiger partial charge in [-0.2, -0.15) is 0 Å². The fraction of sp³-hybridized carbons (Fsp3) is 0.333. The lowest BCUT2D eigenvalue weighted by atomic mass is 10.0.